The number of halogens is 1. The molecule has 0 bridgehead atoms. The molecule has 0 atom stereocenters. The van der Waals surface area contributed by atoms with Crippen LogP contribution in [0.1, 0.15) is 30.4 Å². The van der Waals surface area contributed by atoms with Crippen molar-refractivity contribution >= 4 is 34.2 Å². The Morgan fingerprint density at radius 3 is 2.43 bits per heavy atom. The van der Waals surface area contributed by atoms with E-state index in [-0.39, 0.29) is 11.3 Å². The van der Waals surface area contributed by atoms with Gasteiger partial charge in [-0.05, 0) is 71.7 Å². The lowest BCUT2D eigenvalue weighted by Crippen LogP contribution is -2.46. The summed E-state index contributed by atoms with van der Waals surface area (Å²) in [4.78, 5) is 12.8. The Morgan fingerprint density at radius 2 is 1.86 bits per heavy atom. The third-order valence-electron chi connectivity index (χ3n) is 4.40. The van der Waals surface area contributed by atoms with E-state index in [9.17, 15) is 4.79 Å². The van der Waals surface area contributed by atoms with Gasteiger partial charge in [-0.2, -0.15) is 0 Å². The molecule has 21 heavy (non-hydrogen) atoms. The third kappa shape index (κ3) is 2.71. The van der Waals surface area contributed by atoms with Crippen molar-refractivity contribution in [3.05, 3.63) is 63.2 Å². The summed E-state index contributed by atoms with van der Waals surface area (Å²) >= 11 is 2.29. The minimum atomic E-state index is -0.337. The number of rotatable bonds is 3. The van der Waals surface area contributed by atoms with Gasteiger partial charge in [-0.3, -0.25) is 4.79 Å². The van der Waals surface area contributed by atoms with Crippen LogP contribution in [0.25, 0.3) is 0 Å². The van der Waals surface area contributed by atoms with E-state index in [1.54, 1.807) is 0 Å². The summed E-state index contributed by atoms with van der Waals surface area (Å²) in [5.41, 5.74) is 2.83. The Kier molecular flexibility index (Phi) is 4.02. The molecule has 3 heteroatoms. The fraction of sp³-hybridized carbons (Fsp3) is 0.278. The normalized spacial score (nSPS) is 16.1. The topological polar surface area (TPSA) is 29.1 Å². The average molecular weight is 391 g/mol. The summed E-state index contributed by atoms with van der Waals surface area (Å²) < 4.78 is 1.18. The van der Waals surface area contributed by atoms with Gasteiger partial charge in [-0.1, -0.05) is 36.8 Å². The molecule has 1 N–H and O–H groups in total. The van der Waals surface area contributed by atoms with E-state index in [0.717, 1.165) is 36.1 Å². The van der Waals surface area contributed by atoms with Crippen molar-refractivity contribution in [1.82, 2.24) is 0 Å². The quantitative estimate of drug-likeness (QED) is 0.758. The second-order valence-corrected chi connectivity index (χ2v) is 6.96. The lowest BCUT2D eigenvalue weighted by atomic mass is 9.64. The first kappa shape index (κ1) is 14.6. The van der Waals surface area contributed by atoms with E-state index < -0.39 is 0 Å². The second-order valence-electron chi connectivity index (χ2n) is 5.72. The zero-order chi connectivity index (χ0) is 14.9. The van der Waals surface area contributed by atoms with Gasteiger partial charge in [0.1, 0.15) is 0 Å². The molecule has 108 valence electrons. The maximum atomic E-state index is 12.8. The minimum Gasteiger partial charge on any atom is -0.325 e. The molecule has 2 aromatic rings. The van der Waals surface area contributed by atoms with Gasteiger partial charge < -0.3 is 5.32 Å². The molecular weight excluding hydrogens is 373 g/mol. The molecule has 0 radical (unpaired) electrons. The van der Waals surface area contributed by atoms with Crippen molar-refractivity contribution in [1.29, 1.82) is 0 Å². The van der Waals surface area contributed by atoms with E-state index in [1.807, 2.05) is 37.3 Å². The number of hydrogen-bond acceptors (Lipinski definition) is 1. The van der Waals surface area contributed by atoms with Crippen LogP contribution in [0, 0.1) is 10.5 Å². The Labute approximate surface area is 139 Å². The summed E-state index contributed by atoms with van der Waals surface area (Å²) in [6, 6.07) is 16.3. The highest BCUT2D eigenvalue weighted by Crippen LogP contribution is 2.44. The minimum absolute atomic E-state index is 0.129. The van der Waals surface area contributed by atoms with Crippen LogP contribution < -0.4 is 5.32 Å². The molecule has 0 saturated heterocycles. The van der Waals surface area contributed by atoms with Crippen LogP contribution in [0.3, 0.4) is 0 Å². The molecule has 0 aromatic heterocycles. The summed E-state index contributed by atoms with van der Waals surface area (Å²) in [7, 11) is 0. The van der Waals surface area contributed by atoms with Gasteiger partial charge in [0.25, 0.3) is 0 Å². The van der Waals surface area contributed by atoms with Crippen molar-refractivity contribution < 1.29 is 4.79 Å². The van der Waals surface area contributed by atoms with Crippen LogP contribution >= 0.6 is 22.6 Å². The molecule has 1 amide bonds. The highest BCUT2D eigenvalue weighted by atomic mass is 127. The van der Waals surface area contributed by atoms with Crippen molar-refractivity contribution in [2.75, 3.05) is 5.32 Å². The maximum Gasteiger partial charge on any atom is 0.235 e. The summed E-state index contributed by atoms with van der Waals surface area (Å²) in [6.45, 7) is 2.04. The SMILES string of the molecule is Cc1cc(I)ccc1NC(=O)C1(c2ccccc2)CCC1. The van der Waals surface area contributed by atoms with Crippen LogP contribution in [0.4, 0.5) is 5.69 Å². The molecule has 0 heterocycles. The molecule has 0 aliphatic heterocycles. The average Bonchev–Trinajstić information content (AvgIpc) is 2.42. The van der Waals surface area contributed by atoms with Gasteiger partial charge in [-0.25, -0.2) is 0 Å². The van der Waals surface area contributed by atoms with Gasteiger partial charge in [0.2, 0.25) is 5.91 Å². The number of aryl methyl sites for hydroxylation is 1. The number of anilines is 1. The van der Waals surface area contributed by atoms with Crippen LogP contribution in [0.2, 0.25) is 0 Å². The zero-order valence-corrected chi connectivity index (χ0v) is 14.2. The van der Waals surface area contributed by atoms with Gasteiger partial charge in [0.15, 0.2) is 0 Å². The zero-order valence-electron chi connectivity index (χ0n) is 12.0. The van der Waals surface area contributed by atoms with Crippen molar-refractivity contribution in [2.24, 2.45) is 0 Å². The Morgan fingerprint density at radius 1 is 1.14 bits per heavy atom. The Hall–Kier alpha value is -1.36. The summed E-state index contributed by atoms with van der Waals surface area (Å²) in [5.74, 6) is 0.129. The van der Waals surface area contributed by atoms with Crippen molar-refractivity contribution in [2.45, 2.75) is 31.6 Å². The number of amides is 1. The molecule has 0 unspecified atom stereocenters. The predicted molar refractivity (Wildman–Crippen MR) is 94.5 cm³/mol. The molecule has 3 rings (SSSR count). The largest absolute Gasteiger partial charge is 0.325 e. The van der Waals surface area contributed by atoms with Crippen LogP contribution in [-0.2, 0) is 10.2 Å². The van der Waals surface area contributed by atoms with E-state index in [2.05, 4.69) is 46.1 Å². The lowest BCUT2D eigenvalue weighted by Gasteiger charge is -2.40. The Bertz CT molecular complexity index is 662. The summed E-state index contributed by atoms with van der Waals surface area (Å²) in [5, 5.41) is 3.14. The molecular formula is C18H18INO. The Balaban J connectivity index is 1.87. The number of carbonyl (C=O) groups excluding carboxylic acids is 1. The van der Waals surface area contributed by atoms with E-state index in [0.29, 0.717) is 0 Å². The number of nitrogens with one attached hydrogen (secondary N) is 1. The standard InChI is InChI=1S/C18H18INO/c1-13-12-15(19)8-9-16(13)20-17(21)18(10-5-11-18)14-6-3-2-4-7-14/h2-4,6-9,12H,5,10-11H2,1H3,(H,20,21). The summed E-state index contributed by atoms with van der Waals surface area (Å²) in [6.07, 6.45) is 2.99. The van der Waals surface area contributed by atoms with Crippen molar-refractivity contribution in [3.8, 4) is 0 Å². The lowest BCUT2D eigenvalue weighted by molar-refractivity contribution is -0.124. The molecule has 2 aromatic carbocycles. The van der Waals surface area contributed by atoms with Gasteiger partial charge in [0, 0.05) is 9.26 Å². The molecule has 1 aliphatic carbocycles. The van der Waals surface area contributed by atoms with Crippen LogP contribution in [0.5, 0.6) is 0 Å². The highest BCUT2D eigenvalue weighted by molar-refractivity contribution is 14.1. The van der Waals surface area contributed by atoms with Crippen molar-refractivity contribution in [3.63, 3.8) is 0 Å². The molecule has 2 nitrogen and oxygen atoms in total. The second kappa shape index (κ2) is 5.79. The molecule has 1 fully saturated rings. The highest BCUT2D eigenvalue weighted by Gasteiger charge is 2.45. The number of hydrogen-bond donors (Lipinski definition) is 1. The first-order valence-electron chi connectivity index (χ1n) is 7.25. The monoisotopic (exact) mass is 391 g/mol. The van der Waals surface area contributed by atoms with Crippen LogP contribution in [-0.4, -0.2) is 5.91 Å². The first-order chi connectivity index (χ1) is 10.1. The van der Waals surface area contributed by atoms with Gasteiger partial charge in [0.05, 0.1) is 5.41 Å². The predicted octanol–water partition coefficient (Wildman–Crippen LogP) is 4.66. The number of benzene rings is 2. The van der Waals surface area contributed by atoms with E-state index in [1.165, 1.54) is 3.57 Å². The van der Waals surface area contributed by atoms with E-state index in [4.69, 9.17) is 0 Å². The smallest absolute Gasteiger partial charge is 0.235 e. The molecule has 1 saturated carbocycles. The van der Waals surface area contributed by atoms with Crippen LogP contribution in [0.15, 0.2) is 48.5 Å². The third-order valence-corrected chi connectivity index (χ3v) is 5.08. The first-order valence-corrected chi connectivity index (χ1v) is 8.33. The van der Waals surface area contributed by atoms with Gasteiger partial charge in [-0.15, -0.1) is 0 Å². The van der Waals surface area contributed by atoms with Gasteiger partial charge >= 0.3 is 0 Å². The maximum absolute atomic E-state index is 12.8. The van der Waals surface area contributed by atoms with E-state index >= 15 is 0 Å². The fourth-order valence-corrected chi connectivity index (χ4v) is 3.59. The fourth-order valence-electron chi connectivity index (χ4n) is 2.94. The molecule has 0 spiro atoms. The molecule has 1 aliphatic rings. The number of carbonyl (C=O) groups is 1.